The van der Waals surface area contributed by atoms with Crippen molar-refractivity contribution >= 4 is 17.9 Å². The Morgan fingerprint density at radius 1 is 0.328 bits per heavy atom. The number of carbonyl (C=O) groups excluding carboxylic acids is 3. The van der Waals surface area contributed by atoms with Crippen molar-refractivity contribution in [2.24, 2.45) is 0 Å². The van der Waals surface area contributed by atoms with Crippen molar-refractivity contribution in [3.8, 4) is 0 Å². The number of hydrogen-bond donors (Lipinski definition) is 0. The van der Waals surface area contributed by atoms with Crippen LogP contribution in [0.2, 0.25) is 0 Å². The lowest BCUT2D eigenvalue weighted by Crippen LogP contribution is -2.30. The molecule has 0 aliphatic rings. The van der Waals surface area contributed by atoms with Crippen LogP contribution in [0.15, 0.2) is 146 Å². The molecule has 0 rings (SSSR count). The van der Waals surface area contributed by atoms with Crippen LogP contribution in [0.1, 0.15) is 181 Å². The highest BCUT2D eigenvalue weighted by Gasteiger charge is 2.19. The second kappa shape index (κ2) is 50.9. The third-order valence-electron chi connectivity index (χ3n) is 9.84. The Labute approximate surface area is 391 Å². The summed E-state index contributed by atoms with van der Waals surface area (Å²) in [5, 5.41) is 0. The van der Waals surface area contributed by atoms with Gasteiger partial charge in [0.15, 0.2) is 6.10 Å². The molecule has 0 aromatic rings. The minimum absolute atomic E-state index is 0.125. The van der Waals surface area contributed by atoms with Gasteiger partial charge in [-0.15, -0.1) is 0 Å². The van der Waals surface area contributed by atoms with E-state index in [0.29, 0.717) is 12.8 Å². The number of hydrogen-bond acceptors (Lipinski definition) is 6. The molecule has 0 aromatic heterocycles. The monoisotopic (exact) mass is 881 g/mol. The lowest BCUT2D eigenvalue weighted by Gasteiger charge is -2.18. The SMILES string of the molecule is CC/C=C/C=C/C=C/C=C/C=C/CCCC(=O)OCC(COC(=O)CCCCCCC/C=C/C=C/C=C/C=C/CCCCC)OC(=O)CCCCCCCCC/C=C/C=C/C=C/CC. The van der Waals surface area contributed by atoms with Gasteiger partial charge in [0.25, 0.3) is 0 Å². The van der Waals surface area contributed by atoms with Crippen LogP contribution in [0.5, 0.6) is 0 Å². The first-order chi connectivity index (χ1) is 31.5. The summed E-state index contributed by atoms with van der Waals surface area (Å²) in [4.78, 5) is 37.9. The van der Waals surface area contributed by atoms with Crippen LogP contribution in [0.4, 0.5) is 0 Å². The van der Waals surface area contributed by atoms with Gasteiger partial charge in [0.05, 0.1) is 0 Å². The van der Waals surface area contributed by atoms with E-state index in [-0.39, 0.29) is 44.0 Å². The number of carbonyl (C=O) groups is 3. The third kappa shape index (κ3) is 48.3. The van der Waals surface area contributed by atoms with E-state index in [1.54, 1.807) is 0 Å². The van der Waals surface area contributed by atoms with Gasteiger partial charge in [-0.25, -0.2) is 0 Å². The van der Waals surface area contributed by atoms with Gasteiger partial charge >= 0.3 is 17.9 Å². The van der Waals surface area contributed by atoms with Crippen molar-refractivity contribution in [1.29, 1.82) is 0 Å². The molecule has 6 nitrogen and oxygen atoms in total. The predicted octanol–water partition coefficient (Wildman–Crippen LogP) is 16.5. The number of unbranched alkanes of at least 4 members (excludes halogenated alkanes) is 16. The number of allylic oxidation sites excluding steroid dienone is 24. The van der Waals surface area contributed by atoms with Crippen LogP contribution in [-0.2, 0) is 28.6 Å². The van der Waals surface area contributed by atoms with E-state index in [1.807, 2.05) is 54.7 Å². The fourth-order valence-corrected chi connectivity index (χ4v) is 6.13. The number of ether oxygens (including phenoxy) is 3. The minimum atomic E-state index is -0.829. The van der Waals surface area contributed by atoms with Crippen molar-refractivity contribution in [1.82, 2.24) is 0 Å². The van der Waals surface area contributed by atoms with Gasteiger partial charge in [0.2, 0.25) is 0 Å². The molecule has 0 N–H and O–H groups in total. The van der Waals surface area contributed by atoms with E-state index in [1.165, 1.54) is 38.5 Å². The molecule has 1 atom stereocenters. The van der Waals surface area contributed by atoms with E-state index in [2.05, 4.69) is 112 Å². The summed E-state index contributed by atoms with van der Waals surface area (Å²) >= 11 is 0. The molecule has 1 unspecified atom stereocenters. The highest BCUT2D eigenvalue weighted by atomic mass is 16.6. The first-order valence-corrected chi connectivity index (χ1v) is 25.0. The molecule has 0 bridgehead atoms. The smallest absolute Gasteiger partial charge is 0.306 e. The highest BCUT2D eigenvalue weighted by molar-refractivity contribution is 5.71. The zero-order chi connectivity index (χ0) is 46.5. The number of rotatable bonds is 42. The van der Waals surface area contributed by atoms with Gasteiger partial charge < -0.3 is 14.2 Å². The van der Waals surface area contributed by atoms with Crippen molar-refractivity contribution < 1.29 is 28.6 Å². The zero-order valence-corrected chi connectivity index (χ0v) is 40.5. The molecule has 0 saturated carbocycles. The summed E-state index contributed by atoms with van der Waals surface area (Å²) in [6, 6.07) is 0. The van der Waals surface area contributed by atoms with E-state index >= 15 is 0 Å². The first kappa shape index (κ1) is 59.3. The highest BCUT2D eigenvalue weighted by Crippen LogP contribution is 2.13. The molecule has 0 saturated heterocycles. The Bertz CT molecular complexity index is 1480. The Balaban J connectivity index is 4.58. The van der Waals surface area contributed by atoms with Crippen molar-refractivity contribution in [3.05, 3.63) is 146 Å². The molecule has 0 fully saturated rings. The summed E-state index contributed by atoms with van der Waals surface area (Å²) in [7, 11) is 0. The third-order valence-corrected chi connectivity index (χ3v) is 9.84. The number of esters is 3. The first-order valence-electron chi connectivity index (χ1n) is 25.0. The molecule has 0 aliphatic heterocycles. The maximum absolute atomic E-state index is 12.8. The van der Waals surface area contributed by atoms with Crippen LogP contribution < -0.4 is 0 Å². The maximum Gasteiger partial charge on any atom is 0.306 e. The van der Waals surface area contributed by atoms with Gasteiger partial charge in [0, 0.05) is 19.3 Å². The fraction of sp³-hybridized carbons (Fsp3) is 0.534. The topological polar surface area (TPSA) is 78.9 Å². The van der Waals surface area contributed by atoms with Crippen molar-refractivity contribution in [2.75, 3.05) is 13.2 Å². The quantitative estimate of drug-likeness (QED) is 0.0263. The van der Waals surface area contributed by atoms with Crippen LogP contribution in [0.3, 0.4) is 0 Å². The largest absolute Gasteiger partial charge is 0.462 e. The Morgan fingerprint density at radius 3 is 1.02 bits per heavy atom. The second-order valence-electron chi connectivity index (χ2n) is 15.9. The molecule has 0 heterocycles. The van der Waals surface area contributed by atoms with Crippen molar-refractivity contribution in [3.63, 3.8) is 0 Å². The molecule has 0 amide bonds. The molecular formula is C58H88O6. The summed E-state index contributed by atoms with van der Waals surface area (Å²) in [5.74, 6) is -1.05. The Hall–Kier alpha value is -4.71. The van der Waals surface area contributed by atoms with Crippen molar-refractivity contribution in [2.45, 2.75) is 187 Å². The lowest BCUT2D eigenvalue weighted by molar-refractivity contribution is -0.167. The van der Waals surface area contributed by atoms with Crippen LogP contribution in [0.25, 0.3) is 0 Å². The zero-order valence-electron chi connectivity index (χ0n) is 40.5. The van der Waals surface area contributed by atoms with Gasteiger partial charge in [0.1, 0.15) is 13.2 Å². The van der Waals surface area contributed by atoms with E-state index in [9.17, 15) is 14.4 Å². The van der Waals surface area contributed by atoms with Crippen LogP contribution >= 0.6 is 0 Å². The summed E-state index contributed by atoms with van der Waals surface area (Å²) in [5.41, 5.74) is 0. The van der Waals surface area contributed by atoms with Gasteiger partial charge in [-0.05, 0) is 77.0 Å². The predicted molar refractivity (Wildman–Crippen MR) is 274 cm³/mol. The second-order valence-corrected chi connectivity index (χ2v) is 15.9. The summed E-state index contributed by atoms with van der Waals surface area (Å²) in [6.07, 6.45) is 72.6. The normalized spacial score (nSPS) is 13.4. The van der Waals surface area contributed by atoms with E-state index in [4.69, 9.17) is 14.2 Å². The average molecular weight is 881 g/mol. The maximum atomic E-state index is 12.8. The molecule has 356 valence electrons. The van der Waals surface area contributed by atoms with Gasteiger partial charge in [-0.3, -0.25) is 14.4 Å². The van der Waals surface area contributed by atoms with Crippen LogP contribution in [0, 0.1) is 0 Å². The lowest BCUT2D eigenvalue weighted by atomic mass is 10.1. The van der Waals surface area contributed by atoms with Gasteiger partial charge in [-0.2, -0.15) is 0 Å². The average Bonchev–Trinajstić information content (AvgIpc) is 3.29. The molecule has 0 aromatic carbocycles. The summed E-state index contributed by atoms with van der Waals surface area (Å²) in [6.45, 7) is 6.20. The molecule has 0 aliphatic carbocycles. The molecule has 6 heteroatoms. The molecule has 0 spiro atoms. The molecule has 0 radical (unpaired) electrons. The van der Waals surface area contributed by atoms with E-state index < -0.39 is 6.10 Å². The summed E-state index contributed by atoms with van der Waals surface area (Å²) < 4.78 is 16.7. The van der Waals surface area contributed by atoms with E-state index in [0.717, 1.165) is 96.3 Å². The Morgan fingerprint density at radius 2 is 0.625 bits per heavy atom. The minimum Gasteiger partial charge on any atom is -0.462 e. The standard InChI is InChI=1S/C58H88O6/c1-4-7-10-13-16-19-22-25-27-28-29-31-33-36-39-42-45-48-51-57(60)63-54-55(53-62-56(59)50-47-44-41-38-35-32-24-21-18-15-12-9-6-3)64-58(61)52-49-46-43-40-37-34-30-26-23-20-17-14-11-8-5-2/h8-9,11-12,14-25,27-29,31-32,35,38,41,55H,4-7,10,13,26,30,33-34,36-37,39-40,42-54H2,1-3H3/b11-8+,12-9+,17-14+,18-15+,19-16+,23-20+,24-21+,25-22+,28-27+,31-29+,35-32+,41-38+. The van der Waals surface area contributed by atoms with Gasteiger partial charge in [-0.1, -0.05) is 231 Å². The fourth-order valence-electron chi connectivity index (χ4n) is 6.13. The molecule has 64 heavy (non-hydrogen) atoms. The Kier molecular flexibility index (Phi) is 47.2. The molecular weight excluding hydrogens is 793 g/mol. The van der Waals surface area contributed by atoms with Crippen LogP contribution in [-0.4, -0.2) is 37.2 Å².